The molecule has 35 heavy (non-hydrogen) atoms. The van der Waals surface area contributed by atoms with Gasteiger partial charge in [-0.15, -0.1) is 0 Å². The molecule has 0 saturated carbocycles. The summed E-state index contributed by atoms with van der Waals surface area (Å²) in [6.45, 7) is 6.37. The van der Waals surface area contributed by atoms with E-state index in [1.807, 2.05) is 37.6 Å². The first-order chi connectivity index (χ1) is 16.7. The highest BCUT2D eigenvalue weighted by Gasteiger charge is 2.35. The highest BCUT2D eigenvalue weighted by molar-refractivity contribution is 6.50. The van der Waals surface area contributed by atoms with Crippen molar-refractivity contribution in [2.45, 2.75) is 39.3 Å². The number of carbonyl (C=O) groups is 3. The summed E-state index contributed by atoms with van der Waals surface area (Å²) >= 11 is 0. The second-order valence-electron chi connectivity index (χ2n) is 9.13. The van der Waals surface area contributed by atoms with Crippen LogP contribution in [0.3, 0.4) is 0 Å². The minimum absolute atomic E-state index is 0.266. The second-order valence-corrected chi connectivity index (χ2v) is 9.13. The predicted molar refractivity (Wildman–Crippen MR) is 132 cm³/mol. The zero-order valence-electron chi connectivity index (χ0n) is 20.2. The third-order valence-corrected chi connectivity index (χ3v) is 5.45. The largest absolute Gasteiger partial charge is 0.496 e. The molecule has 0 spiro atoms. The van der Waals surface area contributed by atoms with Crippen molar-refractivity contribution in [3.63, 3.8) is 0 Å². The van der Waals surface area contributed by atoms with Crippen LogP contribution in [-0.4, -0.2) is 46.7 Å². The van der Waals surface area contributed by atoms with Gasteiger partial charge in [0.2, 0.25) is 0 Å². The molecule has 0 radical (unpaired) electrons. The van der Waals surface area contributed by atoms with Gasteiger partial charge in [-0.05, 0) is 45.4 Å². The van der Waals surface area contributed by atoms with Gasteiger partial charge in [0, 0.05) is 42.0 Å². The average Bonchev–Trinajstić information content (AvgIpc) is 3.31. The van der Waals surface area contributed by atoms with E-state index in [9.17, 15) is 14.4 Å². The van der Waals surface area contributed by atoms with Crippen molar-refractivity contribution in [1.82, 2.24) is 20.2 Å². The molecule has 3 heterocycles. The Morgan fingerprint density at radius 1 is 1.06 bits per heavy atom. The van der Waals surface area contributed by atoms with E-state index in [2.05, 4.69) is 15.6 Å². The van der Waals surface area contributed by atoms with Crippen LogP contribution in [0, 0.1) is 0 Å². The SMILES string of the molecule is COc1ccccc1C1=C(c2cn(CCCNC(=O)OC(C)(C)C)c3ncccc23)C(=O)NC1=O. The Bertz CT molecular complexity index is 1330. The van der Waals surface area contributed by atoms with Crippen molar-refractivity contribution < 1.29 is 23.9 Å². The maximum atomic E-state index is 12.9. The van der Waals surface area contributed by atoms with Gasteiger partial charge in [-0.25, -0.2) is 9.78 Å². The number of imide groups is 1. The standard InChI is InChI=1S/C26H28N4O5/c1-26(2,3)35-25(33)28-13-8-14-30-15-18(16-10-7-12-27-22(16)30)21-20(23(31)29-24(21)32)17-9-5-6-11-19(17)34-4/h5-7,9-12,15H,8,13-14H2,1-4H3,(H,28,33)(H,29,31,32). The van der Waals surface area contributed by atoms with Gasteiger partial charge >= 0.3 is 6.09 Å². The first kappa shape index (κ1) is 24.0. The van der Waals surface area contributed by atoms with E-state index in [1.165, 1.54) is 7.11 Å². The number of alkyl carbamates (subject to hydrolysis) is 1. The summed E-state index contributed by atoms with van der Waals surface area (Å²) in [5.41, 5.74) is 1.81. The molecule has 0 fully saturated rings. The smallest absolute Gasteiger partial charge is 0.407 e. The molecule has 0 bridgehead atoms. The van der Waals surface area contributed by atoms with Crippen LogP contribution in [-0.2, 0) is 20.9 Å². The molecule has 4 rings (SSSR count). The number of aromatic nitrogens is 2. The van der Waals surface area contributed by atoms with Gasteiger partial charge in [0.05, 0.1) is 18.3 Å². The van der Waals surface area contributed by atoms with Gasteiger partial charge < -0.3 is 19.4 Å². The molecule has 0 unspecified atom stereocenters. The first-order valence-corrected chi connectivity index (χ1v) is 11.3. The van der Waals surface area contributed by atoms with Gasteiger partial charge in [-0.1, -0.05) is 18.2 Å². The van der Waals surface area contributed by atoms with Crippen LogP contribution in [0.25, 0.3) is 22.2 Å². The van der Waals surface area contributed by atoms with E-state index in [0.717, 1.165) is 5.39 Å². The van der Waals surface area contributed by atoms with Crippen LogP contribution >= 0.6 is 0 Å². The monoisotopic (exact) mass is 476 g/mol. The Balaban J connectivity index is 1.67. The van der Waals surface area contributed by atoms with Crippen LogP contribution in [0.2, 0.25) is 0 Å². The van der Waals surface area contributed by atoms with Crippen molar-refractivity contribution in [3.05, 3.63) is 59.9 Å². The molecule has 3 aromatic rings. The fraction of sp³-hybridized carbons (Fsp3) is 0.308. The maximum absolute atomic E-state index is 12.9. The minimum atomic E-state index is -0.564. The van der Waals surface area contributed by atoms with E-state index in [0.29, 0.717) is 42.0 Å². The van der Waals surface area contributed by atoms with Crippen molar-refractivity contribution in [1.29, 1.82) is 0 Å². The Morgan fingerprint density at radius 2 is 1.77 bits per heavy atom. The number of hydrogen-bond acceptors (Lipinski definition) is 6. The molecule has 1 aliphatic heterocycles. The van der Waals surface area contributed by atoms with Crippen molar-refractivity contribution in [2.75, 3.05) is 13.7 Å². The molecule has 2 N–H and O–H groups in total. The lowest BCUT2D eigenvalue weighted by atomic mass is 9.96. The van der Waals surface area contributed by atoms with Gasteiger partial charge in [-0.2, -0.15) is 0 Å². The Hall–Kier alpha value is -4.14. The third-order valence-electron chi connectivity index (χ3n) is 5.45. The lowest BCUT2D eigenvalue weighted by Gasteiger charge is -2.19. The highest BCUT2D eigenvalue weighted by Crippen LogP contribution is 2.38. The molecule has 9 nitrogen and oxygen atoms in total. The number of amides is 3. The van der Waals surface area contributed by atoms with Crippen LogP contribution < -0.4 is 15.4 Å². The zero-order valence-corrected chi connectivity index (χ0v) is 20.2. The predicted octanol–water partition coefficient (Wildman–Crippen LogP) is 3.53. The number of aryl methyl sites for hydroxylation is 1. The summed E-state index contributed by atoms with van der Waals surface area (Å²) in [5, 5.41) is 5.92. The van der Waals surface area contributed by atoms with Gasteiger partial charge in [0.1, 0.15) is 17.0 Å². The van der Waals surface area contributed by atoms with Gasteiger partial charge in [0.15, 0.2) is 0 Å². The van der Waals surface area contributed by atoms with Crippen molar-refractivity contribution in [3.8, 4) is 5.75 Å². The van der Waals surface area contributed by atoms with Crippen LogP contribution in [0.5, 0.6) is 5.75 Å². The molecule has 0 atom stereocenters. The first-order valence-electron chi connectivity index (χ1n) is 11.3. The van der Waals surface area contributed by atoms with E-state index >= 15 is 0 Å². The Kier molecular flexibility index (Phi) is 6.59. The fourth-order valence-corrected chi connectivity index (χ4v) is 4.07. The van der Waals surface area contributed by atoms with Crippen molar-refractivity contribution >= 4 is 40.1 Å². The maximum Gasteiger partial charge on any atom is 0.407 e. The number of nitrogens with one attached hydrogen (secondary N) is 2. The number of carbonyl (C=O) groups excluding carboxylic acids is 3. The Labute approximate surface area is 203 Å². The van der Waals surface area contributed by atoms with Crippen LogP contribution in [0.15, 0.2) is 48.8 Å². The molecule has 182 valence electrons. The zero-order chi connectivity index (χ0) is 25.2. The number of rotatable bonds is 7. The minimum Gasteiger partial charge on any atom is -0.496 e. The van der Waals surface area contributed by atoms with Crippen LogP contribution in [0.1, 0.15) is 38.3 Å². The van der Waals surface area contributed by atoms with Gasteiger partial charge in [-0.3, -0.25) is 14.9 Å². The number of ether oxygens (including phenoxy) is 2. The molecule has 0 aliphatic carbocycles. The summed E-state index contributed by atoms with van der Waals surface area (Å²) in [4.78, 5) is 42.2. The topological polar surface area (TPSA) is 112 Å². The molecule has 1 aliphatic rings. The lowest BCUT2D eigenvalue weighted by molar-refractivity contribution is -0.122. The normalized spacial score (nSPS) is 13.8. The van der Waals surface area contributed by atoms with E-state index < -0.39 is 23.5 Å². The van der Waals surface area contributed by atoms with Gasteiger partial charge in [0.25, 0.3) is 11.8 Å². The highest BCUT2D eigenvalue weighted by atomic mass is 16.6. The molecule has 0 saturated heterocycles. The molecule has 1 aromatic carbocycles. The summed E-state index contributed by atoms with van der Waals surface area (Å²) < 4.78 is 12.6. The average molecular weight is 477 g/mol. The lowest BCUT2D eigenvalue weighted by Crippen LogP contribution is -2.33. The summed E-state index contributed by atoms with van der Waals surface area (Å²) in [6, 6.07) is 10.8. The summed E-state index contributed by atoms with van der Waals surface area (Å²) in [5.74, 6) is -0.439. The number of methoxy groups -OCH3 is 1. The molecular formula is C26H28N4O5. The number of pyridine rings is 1. The fourth-order valence-electron chi connectivity index (χ4n) is 4.07. The Morgan fingerprint density at radius 3 is 2.49 bits per heavy atom. The van der Waals surface area contributed by atoms with E-state index in [1.54, 1.807) is 36.5 Å². The quantitative estimate of drug-likeness (QED) is 0.399. The number of hydrogen-bond donors (Lipinski definition) is 2. The van der Waals surface area contributed by atoms with Crippen LogP contribution in [0.4, 0.5) is 4.79 Å². The van der Waals surface area contributed by atoms with Crippen molar-refractivity contribution in [2.24, 2.45) is 0 Å². The van der Waals surface area contributed by atoms with E-state index in [4.69, 9.17) is 9.47 Å². The summed E-state index contributed by atoms with van der Waals surface area (Å²) in [7, 11) is 1.52. The molecule has 2 aromatic heterocycles. The number of nitrogens with zero attached hydrogens (tertiary/aromatic N) is 2. The third kappa shape index (κ3) is 5.03. The molecular weight excluding hydrogens is 448 g/mol. The molecule has 3 amide bonds. The number of fused-ring (bicyclic) bond motifs is 1. The van der Waals surface area contributed by atoms with E-state index in [-0.39, 0.29) is 11.1 Å². The molecule has 9 heteroatoms. The summed E-state index contributed by atoms with van der Waals surface area (Å²) in [6.07, 6.45) is 3.65. The second kappa shape index (κ2) is 9.61. The number of para-hydroxylation sites is 1. The number of benzene rings is 1.